The van der Waals surface area contributed by atoms with Gasteiger partial charge in [-0.1, -0.05) is 37.6 Å². The minimum atomic E-state index is -0.488. The molecule has 1 fully saturated rings. The maximum Gasteiger partial charge on any atom is 0.106 e. The van der Waals surface area contributed by atoms with E-state index in [1.165, 1.54) is 5.56 Å². The quantitative estimate of drug-likeness (QED) is 0.893. The molecule has 0 aromatic heterocycles. The molecule has 0 radical (unpaired) electrons. The van der Waals surface area contributed by atoms with Crippen molar-refractivity contribution < 1.29 is 9.84 Å². The van der Waals surface area contributed by atoms with Crippen molar-refractivity contribution in [2.45, 2.75) is 32.0 Å². The molecule has 1 saturated heterocycles. The third kappa shape index (κ3) is 3.47. The monoisotopic (exact) mass is 252 g/mol. The maximum absolute atomic E-state index is 10.2. The van der Waals surface area contributed by atoms with Crippen molar-refractivity contribution >= 4 is 11.8 Å². The topological polar surface area (TPSA) is 29.5 Å². The van der Waals surface area contributed by atoms with E-state index in [1.54, 1.807) is 0 Å². The van der Waals surface area contributed by atoms with E-state index in [4.69, 9.17) is 4.74 Å². The molecule has 1 aromatic carbocycles. The predicted octanol–water partition coefficient (Wildman–Crippen LogP) is 2.80. The third-order valence-corrected chi connectivity index (χ3v) is 4.07. The second-order valence-corrected chi connectivity index (χ2v) is 5.57. The molecule has 0 saturated carbocycles. The fourth-order valence-electron chi connectivity index (χ4n) is 2.07. The van der Waals surface area contributed by atoms with Crippen molar-refractivity contribution in [3.63, 3.8) is 0 Å². The van der Waals surface area contributed by atoms with E-state index in [0.29, 0.717) is 0 Å². The summed E-state index contributed by atoms with van der Waals surface area (Å²) in [4.78, 5) is 0. The SMILES string of the molecule is CCCc1ccc(C(O)C2CSCCO2)cc1. The first kappa shape index (κ1) is 12.9. The zero-order chi connectivity index (χ0) is 12.1. The number of ether oxygens (including phenoxy) is 1. The van der Waals surface area contributed by atoms with Crippen molar-refractivity contribution in [3.8, 4) is 0 Å². The highest BCUT2D eigenvalue weighted by atomic mass is 32.2. The molecule has 1 heterocycles. The van der Waals surface area contributed by atoms with E-state index in [1.807, 2.05) is 23.9 Å². The highest BCUT2D eigenvalue weighted by Gasteiger charge is 2.24. The molecule has 2 atom stereocenters. The first-order valence-electron chi connectivity index (χ1n) is 6.27. The molecule has 0 aliphatic carbocycles. The molecule has 0 amide bonds. The van der Waals surface area contributed by atoms with E-state index < -0.39 is 6.10 Å². The Kier molecular flexibility index (Phi) is 4.89. The van der Waals surface area contributed by atoms with Crippen molar-refractivity contribution in [3.05, 3.63) is 35.4 Å². The lowest BCUT2D eigenvalue weighted by molar-refractivity contribution is -0.0227. The van der Waals surface area contributed by atoms with Gasteiger partial charge in [0.15, 0.2) is 0 Å². The van der Waals surface area contributed by atoms with Crippen molar-refractivity contribution in [1.82, 2.24) is 0 Å². The van der Waals surface area contributed by atoms with Gasteiger partial charge in [-0.25, -0.2) is 0 Å². The van der Waals surface area contributed by atoms with Crippen LogP contribution in [0.25, 0.3) is 0 Å². The summed E-state index contributed by atoms with van der Waals surface area (Å²) in [6.45, 7) is 2.93. The normalized spacial score (nSPS) is 22.4. The molecule has 1 aliphatic rings. The lowest BCUT2D eigenvalue weighted by atomic mass is 10.0. The Balaban J connectivity index is 2.00. The van der Waals surface area contributed by atoms with Gasteiger partial charge < -0.3 is 9.84 Å². The van der Waals surface area contributed by atoms with Crippen LogP contribution in [0.15, 0.2) is 24.3 Å². The van der Waals surface area contributed by atoms with Gasteiger partial charge in [-0.3, -0.25) is 0 Å². The Hall–Kier alpha value is -0.510. The summed E-state index contributed by atoms with van der Waals surface area (Å²) in [5, 5.41) is 10.2. The highest BCUT2D eigenvalue weighted by Crippen LogP contribution is 2.25. The van der Waals surface area contributed by atoms with Crippen LogP contribution in [-0.2, 0) is 11.2 Å². The van der Waals surface area contributed by atoms with Gasteiger partial charge in [-0.15, -0.1) is 0 Å². The van der Waals surface area contributed by atoms with Gasteiger partial charge in [0.1, 0.15) is 6.10 Å². The van der Waals surface area contributed by atoms with Gasteiger partial charge in [0.05, 0.1) is 12.7 Å². The van der Waals surface area contributed by atoms with E-state index in [2.05, 4.69) is 19.1 Å². The van der Waals surface area contributed by atoms with Crippen LogP contribution in [0.4, 0.5) is 0 Å². The predicted molar refractivity (Wildman–Crippen MR) is 72.5 cm³/mol. The Morgan fingerprint density at radius 1 is 1.41 bits per heavy atom. The Morgan fingerprint density at radius 3 is 2.76 bits per heavy atom. The standard InChI is InChI=1S/C14H20O2S/c1-2-3-11-4-6-12(7-5-11)14(15)13-10-17-9-8-16-13/h4-7,13-15H,2-3,8-10H2,1H3. The number of aliphatic hydroxyl groups is 1. The van der Waals surface area contributed by atoms with Crippen molar-refractivity contribution in [2.24, 2.45) is 0 Å². The number of hydrogen-bond acceptors (Lipinski definition) is 3. The van der Waals surface area contributed by atoms with E-state index in [-0.39, 0.29) is 6.10 Å². The largest absolute Gasteiger partial charge is 0.386 e. The van der Waals surface area contributed by atoms with Crippen LogP contribution >= 0.6 is 11.8 Å². The molecule has 1 N–H and O–H groups in total. The molecular weight excluding hydrogens is 232 g/mol. The number of aliphatic hydroxyl groups excluding tert-OH is 1. The van der Waals surface area contributed by atoms with Crippen molar-refractivity contribution in [2.75, 3.05) is 18.1 Å². The van der Waals surface area contributed by atoms with Gasteiger partial charge in [0.25, 0.3) is 0 Å². The molecule has 2 unspecified atom stereocenters. The van der Waals surface area contributed by atoms with Gasteiger partial charge >= 0.3 is 0 Å². The Morgan fingerprint density at radius 2 is 2.18 bits per heavy atom. The number of hydrogen-bond donors (Lipinski definition) is 1. The lowest BCUT2D eigenvalue weighted by Gasteiger charge is -2.27. The average molecular weight is 252 g/mol. The van der Waals surface area contributed by atoms with Crippen molar-refractivity contribution in [1.29, 1.82) is 0 Å². The fourth-order valence-corrected chi connectivity index (χ4v) is 2.96. The number of thioether (sulfide) groups is 1. The summed E-state index contributed by atoms with van der Waals surface area (Å²) in [6.07, 6.45) is 1.72. The molecule has 2 rings (SSSR count). The highest BCUT2D eigenvalue weighted by molar-refractivity contribution is 7.99. The molecular formula is C14H20O2S. The average Bonchev–Trinajstić information content (AvgIpc) is 2.40. The van der Waals surface area contributed by atoms with Crippen LogP contribution in [0, 0.1) is 0 Å². The molecule has 0 spiro atoms. The summed E-state index contributed by atoms with van der Waals surface area (Å²) in [6, 6.07) is 8.27. The summed E-state index contributed by atoms with van der Waals surface area (Å²) in [5.74, 6) is 1.93. The van der Waals surface area contributed by atoms with Gasteiger partial charge in [-0.2, -0.15) is 11.8 Å². The zero-order valence-electron chi connectivity index (χ0n) is 10.3. The third-order valence-electron chi connectivity index (χ3n) is 3.05. The van der Waals surface area contributed by atoms with Crippen LogP contribution in [0.3, 0.4) is 0 Å². The maximum atomic E-state index is 10.2. The molecule has 0 bridgehead atoms. The molecule has 17 heavy (non-hydrogen) atoms. The van der Waals surface area contributed by atoms with Crippen LogP contribution in [0.5, 0.6) is 0 Å². The first-order chi connectivity index (χ1) is 8.31. The van der Waals surface area contributed by atoms with Crippen LogP contribution < -0.4 is 0 Å². The van der Waals surface area contributed by atoms with Crippen LogP contribution in [0.2, 0.25) is 0 Å². The molecule has 3 heteroatoms. The second kappa shape index (κ2) is 6.43. The first-order valence-corrected chi connectivity index (χ1v) is 7.43. The number of aryl methyl sites for hydroxylation is 1. The number of benzene rings is 1. The minimum absolute atomic E-state index is 0.0502. The summed E-state index contributed by atoms with van der Waals surface area (Å²) >= 11 is 1.85. The van der Waals surface area contributed by atoms with Gasteiger partial charge in [0.2, 0.25) is 0 Å². The fraction of sp³-hybridized carbons (Fsp3) is 0.571. The van der Waals surface area contributed by atoms with Gasteiger partial charge in [-0.05, 0) is 17.5 Å². The molecule has 2 nitrogen and oxygen atoms in total. The summed E-state index contributed by atoms with van der Waals surface area (Å²) in [5.41, 5.74) is 2.31. The van der Waals surface area contributed by atoms with Gasteiger partial charge in [0, 0.05) is 11.5 Å². The van der Waals surface area contributed by atoms with E-state index in [9.17, 15) is 5.11 Å². The van der Waals surface area contributed by atoms with Crippen LogP contribution in [0.1, 0.15) is 30.6 Å². The Bertz CT molecular complexity index is 331. The second-order valence-electron chi connectivity index (χ2n) is 4.42. The van der Waals surface area contributed by atoms with E-state index in [0.717, 1.165) is 36.5 Å². The zero-order valence-corrected chi connectivity index (χ0v) is 11.1. The number of rotatable bonds is 4. The molecule has 94 valence electrons. The summed E-state index contributed by atoms with van der Waals surface area (Å²) < 4.78 is 5.60. The van der Waals surface area contributed by atoms with E-state index >= 15 is 0 Å². The smallest absolute Gasteiger partial charge is 0.106 e. The molecule has 1 aromatic rings. The lowest BCUT2D eigenvalue weighted by Crippen LogP contribution is -2.29. The van der Waals surface area contributed by atoms with Crippen LogP contribution in [-0.4, -0.2) is 29.3 Å². The molecule has 1 aliphatic heterocycles. The Labute approximate surface area is 107 Å². The minimum Gasteiger partial charge on any atom is -0.386 e. The summed E-state index contributed by atoms with van der Waals surface area (Å²) in [7, 11) is 0.